The zero-order valence-electron chi connectivity index (χ0n) is 14.0. The van der Waals surface area contributed by atoms with Crippen molar-refractivity contribution in [2.24, 2.45) is 11.0 Å². The SMILES string of the molecule is O=C(NN=Cc1cn(-c2ccccc2)nc1-c1ccc(Cl)cc1)C1CC1. The Balaban J connectivity index is 1.67. The van der Waals surface area contributed by atoms with Gasteiger partial charge in [0.15, 0.2) is 0 Å². The van der Waals surface area contributed by atoms with Gasteiger partial charge in [0.05, 0.1) is 11.9 Å². The number of halogens is 1. The number of hydrogen-bond acceptors (Lipinski definition) is 3. The van der Waals surface area contributed by atoms with Gasteiger partial charge in [-0.3, -0.25) is 4.79 Å². The summed E-state index contributed by atoms with van der Waals surface area (Å²) in [4.78, 5) is 11.8. The standard InChI is InChI=1S/C20H17ClN4O/c21-17-10-8-14(9-11-17)19-16(12-22-23-20(26)15-6-7-15)13-25(24-19)18-4-2-1-3-5-18/h1-5,8-13,15H,6-7H2,(H,23,26). The molecule has 3 aromatic rings. The maximum Gasteiger partial charge on any atom is 0.243 e. The van der Waals surface area contributed by atoms with Gasteiger partial charge in [-0.15, -0.1) is 0 Å². The zero-order chi connectivity index (χ0) is 17.9. The number of rotatable bonds is 5. The average Bonchev–Trinajstić information content (AvgIpc) is 3.44. The van der Waals surface area contributed by atoms with E-state index >= 15 is 0 Å². The minimum Gasteiger partial charge on any atom is -0.273 e. The highest BCUT2D eigenvalue weighted by molar-refractivity contribution is 6.30. The predicted molar refractivity (Wildman–Crippen MR) is 102 cm³/mol. The molecule has 0 spiro atoms. The van der Waals surface area contributed by atoms with Crippen LogP contribution in [0.15, 0.2) is 65.9 Å². The van der Waals surface area contributed by atoms with Crippen LogP contribution in [0.5, 0.6) is 0 Å². The van der Waals surface area contributed by atoms with Crippen LogP contribution >= 0.6 is 11.6 Å². The monoisotopic (exact) mass is 364 g/mol. The summed E-state index contributed by atoms with van der Waals surface area (Å²) in [6.45, 7) is 0. The number of amides is 1. The molecule has 26 heavy (non-hydrogen) atoms. The number of nitrogens with one attached hydrogen (secondary N) is 1. The minimum absolute atomic E-state index is 0.0234. The average molecular weight is 365 g/mol. The van der Waals surface area contributed by atoms with Crippen molar-refractivity contribution in [1.29, 1.82) is 0 Å². The summed E-state index contributed by atoms with van der Waals surface area (Å²) in [5, 5.41) is 9.47. The smallest absolute Gasteiger partial charge is 0.243 e. The number of hydrogen-bond donors (Lipinski definition) is 1. The number of carbonyl (C=O) groups excluding carboxylic acids is 1. The first-order valence-electron chi connectivity index (χ1n) is 8.44. The third kappa shape index (κ3) is 3.68. The van der Waals surface area contributed by atoms with Gasteiger partial charge in [-0.1, -0.05) is 41.9 Å². The molecule has 1 aliphatic rings. The molecule has 1 fully saturated rings. The second kappa shape index (κ2) is 7.14. The molecule has 1 aliphatic carbocycles. The molecular formula is C20H17ClN4O. The van der Waals surface area contributed by atoms with E-state index in [-0.39, 0.29) is 11.8 Å². The number of nitrogens with zero attached hydrogens (tertiary/aromatic N) is 3. The van der Waals surface area contributed by atoms with Crippen LogP contribution in [0, 0.1) is 5.92 Å². The topological polar surface area (TPSA) is 59.3 Å². The van der Waals surface area contributed by atoms with Crippen LogP contribution in [0.1, 0.15) is 18.4 Å². The summed E-state index contributed by atoms with van der Waals surface area (Å²) in [7, 11) is 0. The molecule has 0 radical (unpaired) electrons. The predicted octanol–water partition coefficient (Wildman–Crippen LogP) is 4.05. The van der Waals surface area contributed by atoms with Gasteiger partial charge < -0.3 is 0 Å². The molecule has 1 amide bonds. The van der Waals surface area contributed by atoms with Crippen molar-refractivity contribution in [3.63, 3.8) is 0 Å². The third-order valence-corrected chi connectivity index (χ3v) is 4.46. The number of para-hydroxylation sites is 1. The fourth-order valence-corrected chi connectivity index (χ4v) is 2.76. The summed E-state index contributed by atoms with van der Waals surface area (Å²) >= 11 is 5.99. The Hall–Kier alpha value is -2.92. The van der Waals surface area contributed by atoms with E-state index in [9.17, 15) is 4.79 Å². The van der Waals surface area contributed by atoms with E-state index < -0.39 is 0 Å². The normalized spacial score (nSPS) is 13.9. The van der Waals surface area contributed by atoms with Gasteiger partial charge in [-0.2, -0.15) is 10.2 Å². The van der Waals surface area contributed by atoms with E-state index in [2.05, 4.69) is 10.5 Å². The zero-order valence-corrected chi connectivity index (χ0v) is 14.7. The molecule has 0 aliphatic heterocycles. The van der Waals surface area contributed by atoms with Gasteiger partial charge in [0.25, 0.3) is 0 Å². The van der Waals surface area contributed by atoms with E-state index in [1.54, 1.807) is 10.9 Å². The molecule has 1 aromatic heterocycles. The summed E-state index contributed by atoms with van der Waals surface area (Å²) in [5.74, 6) is 0.0969. The van der Waals surface area contributed by atoms with E-state index in [0.29, 0.717) is 5.02 Å². The lowest BCUT2D eigenvalue weighted by Gasteiger charge is -2.00. The molecule has 0 bridgehead atoms. The maximum atomic E-state index is 11.8. The lowest BCUT2D eigenvalue weighted by Crippen LogP contribution is -2.18. The summed E-state index contributed by atoms with van der Waals surface area (Å²) in [6.07, 6.45) is 5.43. The van der Waals surface area contributed by atoms with E-state index in [1.807, 2.05) is 60.8 Å². The summed E-state index contributed by atoms with van der Waals surface area (Å²) in [5.41, 5.74) is 6.07. The highest BCUT2D eigenvalue weighted by Crippen LogP contribution is 2.28. The first kappa shape index (κ1) is 16.5. The first-order chi connectivity index (χ1) is 12.7. The van der Waals surface area contributed by atoms with E-state index in [0.717, 1.165) is 35.3 Å². The van der Waals surface area contributed by atoms with Crippen LogP contribution in [0.2, 0.25) is 5.02 Å². The van der Waals surface area contributed by atoms with Gasteiger partial charge in [0.1, 0.15) is 5.69 Å². The van der Waals surface area contributed by atoms with Crippen molar-refractivity contribution in [2.45, 2.75) is 12.8 Å². The van der Waals surface area contributed by atoms with Gasteiger partial charge in [-0.25, -0.2) is 10.1 Å². The molecule has 1 saturated carbocycles. The molecule has 4 rings (SSSR count). The van der Waals surface area contributed by atoms with Gasteiger partial charge >= 0.3 is 0 Å². The van der Waals surface area contributed by atoms with Crippen molar-refractivity contribution in [3.8, 4) is 16.9 Å². The molecule has 0 unspecified atom stereocenters. The fraction of sp³-hybridized carbons (Fsp3) is 0.150. The summed E-state index contributed by atoms with van der Waals surface area (Å²) in [6, 6.07) is 17.3. The van der Waals surface area contributed by atoms with Crippen LogP contribution in [-0.2, 0) is 4.79 Å². The largest absolute Gasteiger partial charge is 0.273 e. The van der Waals surface area contributed by atoms with Gasteiger partial charge in [0, 0.05) is 28.3 Å². The Morgan fingerprint density at radius 2 is 1.88 bits per heavy atom. The molecular weight excluding hydrogens is 348 g/mol. The Morgan fingerprint density at radius 3 is 2.58 bits per heavy atom. The number of carbonyl (C=O) groups is 1. The van der Waals surface area contributed by atoms with Crippen molar-refractivity contribution in [3.05, 3.63) is 71.4 Å². The lowest BCUT2D eigenvalue weighted by molar-refractivity contribution is -0.122. The lowest BCUT2D eigenvalue weighted by atomic mass is 10.1. The molecule has 1 N–H and O–H groups in total. The van der Waals surface area contributed by atoms with Crippen LogP contribution in [0.3, 0.4) is 0 Å². The van der Waals surface area contributed by atoms with E-state index in [4.69, 9.17) is 16.7 Å². The van der Waals surface area contributed by atoms with Crippen LogP contribution in [-0.4, -0.2) is 21.9 Å². The van der Waals surface area contributed by atoms with Crippen LogP contribution < -0.4 is 5.43 Å². The van der Waals surface area contributed by atoms with Crippen molar-refractivity contribution >= 4 is 23.7 Å². The van der Waals surface area contributed by atoms with Gasteiger partial charge in [-0.05, 0) is 37.1 Å². The van der Waals surface area contributed by atoms with Crippen molar-refractivity contribution in [1.82, 2.24) is 15.2 Å². The van der Waals surface area contributed by atoms with Gasteiger partial charge in [0.2, 0.25) is 5.91 Å². The molecule has 0 atom stereocenters. The highest BCUT2D eigenvalue weighted by Gasteiger charge is 2.29. The quantitative estimate of drug-likeness (QED) is 0.548. The Morgan fingerprint density at radius 1 is 1.15 bits per heavy atom. The first-order valence-corrected chi connectivity index (χ1v) is 8.82. The maximum absolute atomic E-state index is 11.8. The fourth-order valence-electron chi connectivity index (χ4n) is 2.63. The number of aromatic nitrogens is 2. The Bertz CT molecular complexity index is 944. The third-order valence-electron chi connectivity index (χ3n) is 4.21. The Kier molecular flexibility index (Phi) is 4.54. The van der Waals surface area contributed by atoms with E-state index in [1.165, 1.54) is 0 Å². The molecule has 0 saturated heterocycles. The number of hydrazone groups is 1. The second-order valence-corrected chi connectivity index (χ2v) is 6.67. The Labute approximate surface area is 156 Å². The van der Waals surface area contributed by atoms with Crippen LogP contribution in [0.4, 0.5) is 0 Å². The molecule has 6 heteroatoms. The van der Waals surface area contributed by atoms with Crippen LogP contribution in [0.25, 0.3) is 16.9 Å². The molecule has 2 aromatic carbocycles. The molecule has 5 nitrogen and oxygen atoms in total. The molecule has 1 heterocycles. The van der Waals surface area contributed by atoms with Crippen molar-refractivity contribution < 1.29 is 4.79 Å². The molecule has 130 valence electrons. The minimum atomic E-state index is -0.0234. The summed E-state index contributed by atoms with van der Waals surface area (Å²) < 4.78 is 1.80. The highest BCUT2D eigenvalue weighted by atomic mass is 35.5. The van der Waals surface area contributed by atoms with Crippen molar-refractivity contribution in [2.75, 3.05) is 0 Å². The second-order valence-electron chi connectivity index (χ2n) is 6.23. The number of benzene rings is 2.